The lowest BCUT2D eigenvalue weighted by Crippen LogP contribution is -2.09. The molecular formula is C12H12BrN3O2. The molecule has 0 saturated heterocycles. The number of nitrogens with zero attached hydrogens (tertiary/aromatic N) is 3. The molecule has 18 heavy (non-hydrogen) atoms. The zero-order valence-corrected chi connectivity index (χ0v) is 11.2. The van der Waals surface area contributed by atoms with Crippen molar-refractivity contribution in [2.24, 2.45) is 0 Å². The van der Waals surface area contributed by atoms with Gasteiger partial charge in [-0.05, 0) is 15.5 Å². The fraction of sp³-hybridized carbons (Fsp3) is 0.250. The third kappa shape index (κ3) is 2.95. The summed E-state index contributed by atoms with van der Waals surface area (Å²) in [6.07, 6.45) is 2.95. The van der Waals surface area contributed by atoms with Gasteiger partial charge in [0.2, 0.25) is 6.33 Å². The number of imidazole rings is 1. The Morgan fingerprint density at radius 1 is 1.39 bits per heavy atom. The predicted octanol–water partition coefficient (Wildman–Crippen LogP) is 2.97. The van der Waals surface area contributed by atoms with Gasteiger partial charge in [-0.2, -0.15) is 0 Å². The molecule has 0 N–H and O–H groups in total. The summed E-state index contributed by atoms with van der Waals surface area (Å²) in [5.41, 5.74) is 1.20. The molecule has 0 bridgehead atoms. The van der Waals surface area contributed by atoms with Crippen LogP contribution in [0.5, 0.6) is 0 Å². The van der Waals surface area contributed by atoms with Crippen molar-refractivity contribution < 1.29 is 4.92 Å². The van der Waals surface area contributed by atoms with E-state index in [-0.39, 0.29) is 11.7 Å². The fourth-order valence-corrected chi connectivity index (χ4v) is 2.34. The van der Waals surface area contributed by atoms with E-state index in [0.29, 0.717) is 6.54 Å². The van der Waals surface area contributed by atoms with Gasteiger partial charge in [-0.1, -0.05) is 46.3 Å². The maximum atomic E-state index is 10.6. The molecule has 2 rings (SSSR count). The van der Waals surface area contributed by atoms with Crippen LogP contribution in [0.15, 0.2) is 42.9 Å². The highest BCUT2D eigenvalue weighted by molar-refractivity contribution is 9.09. The summed E-state index contributed by atoms with van der Waals surface area (Å²) in [5.74, 6) is 0.149. The summed E-state index contributed by atoms with van der Waals surface area (Å²) in [6, 6.07) is 10.0. The highest BCUT2D eigenvalue weighted by atomic mass is 79.9. The molecule has 0 aliphatic carbocycles. The number of hydrogen-bond donors (Lipinski definition) is 0. The summed E-state index contributed by atoms with van der Waals surface area (Å²) in [7, 11) is 0. The van der Waals surface area contributed by atoms with Crippen molar-refractivity contribution in [2.45, 2.75) is 12.5 Å². The lowest BCUT2D eigenvalue weighted by molar-refractivity contribution is -0.389. The van der Waals surface area contributed by atoms with Crippen molar-refractivity contribution in [1.29, 1.82) is 0 Å². The van der Waals surface area contributed by atoms with E-state index < -0.39 is 4.92 Å². The molecule has 1 atom stereocenters. The van der Waals surface area contributed by atoms with Crippen LogP contribution in [0.4, 0.5) is 5.82 Å². The largest absolute Gasteiger partial charge is 0.381 e. The average Bonchev–Trinajstić information content (AvgIpc) is 2.86. The zero-order chi connectivity index (χ0) is 13.0. The van der Waals surface area contributed by atoms with Crippen LogP contribution in [-0.2, 0) is 6.54 Å². The van der Waals surface area contributed by atoms with Crippen LogP contribution in [-0.4, -0.2) is 19.8 Å². The Morgan fingerprint density at radius 3 is 2.67 bits per heavy atom. The average molecular weight is 310 g/mol. The first kappa shape index (κ1) is 12.8. The number of hydrogen-bond acceptors (Lipinski definition) is 3. The first-order chi connectivity index (χ1) is 8.70. The van der Waals surface area contributed by atoms with Crippen molar-refractivity contribution in [3.05, 3.63) is 58.5 Å². The Hall–Kier alpha value is -1.69. The van der Waals surface area contributed by atoms with Gasteiger partial charge >= 0.3 is 5.82 Å². The highest BCUT2D eigenvalue weighted by Gasteiger charge is 2.14. The fourth-order valence-electron chi connectivity index (χ4n) is 1.77. The molecule has 1 aromatic heterocycles. The van der Waals surface area contributed by atoms with Crippen LogP contribution in [0.2, 0.25) is 0 Å². The normalized spacial score (nSPS) is 12.3. The van der Waals surface area contributed by atoms with E-state index in [1.165, 1.54) is 18.1 Å². The second kappa shape index (κ2) is 5.77. The van der Waals surface area contributed by atoms with Crippen LogP contribution >= 0.6 is 15.9 Å². The van der Waals surface area contributed by atoms with E-state index >= 15 is 0 Å². The molecule has 0 fully saturated rings. The summed E-state index contributed by atoms with van der Waals surface area (Å²) < 4.78 is 1.75. The van der Waals surface area contributed by atoms with Gasteiger partial charge in [0.15, 0.2) is 0 Å². The van der Waals surface area contributed by atoms with E-state index in [1.807, 2.05) is 18.2 Å². The molecule has 0 spiro atoms. The monoisotopic (exact) mass is 309 g/mol. The minimum atomic E-state index is -0.484. The van der Waals surface area contributed by atoms with Gasteiger partial charge in [0.25, 0.3) is 0 Å². The van der Waals surface area contributed by atoms with Gasteiger partial charge in [-0.15, -0.1) is 0 Å². The lowest BCUT2D eigenvalue weighted by Gasteiger charge is -2.14. The summed E-state index contributed by atoms with van der Waals surface area (Å²) in [6.45, 7) is 0.663. The molecule has 0 radical (unpaired) electrons. The van der Waals surface area contributed by atoms with Crippen molar-refractivity contribution in [3.63, 3.8) is 0 Å². The van der Waals surface area contributed by atoms with E-state index in [2.05, 4.69) is 33.0 Å². The maximum absolute atomic E-state index is 10.6. The molecule has 1 heterocycles. The molecule has 1 unspecified atom stereocenters. The summed E-state index contributed by atoms with van der Waals surface area (Å²) in [5, 5.41) is 11.4. The minimum Gasteiger partial charge on any atom is -0.358 e. The van der Waals surface area contributed by atoms with E-state index in [0.717, 1.165) is 5.33 Å². The number of rotatable bonds is 5. The maximum Gasteiger partial charge on any atom is 0.381 e. The Balaban J connectivity index is 2.13. The first-order valence-corrected chi connectivity index (χ1v) is 6.60. The minimum absolute atomic E-state index is 0.114. The Labute approximate surface area is 113 Å². The molecule has 0 aliphatic heterocycles. The van der Waals surface area contributed by atoms with Crippen LogP contribution in [0.3, 0.4) is 0 Å². The quantitative estimate of drug-likeness (QED) is 0.484. The van der Waals surface area contributed by atoms with Crippen LogP contribution in [0.1, 0.15) is 11.5 Å². The molecule has 0 aliphatic rings. The predicted molar refractivity (Wildman–Crippen MR) is 71.9 cm³/mol. The molecule has 94 valence electrons. The van der Waals surface area contributed by atoms with Crippen molar-refractivity contribution in [3.8, 4) is 0 Å². The molecule has 0 amide bonds. The standard InChI is InChI=1S/C12H12BrN3O2/c13-6-11(10-4-2-1-3-5-10)7-15-8-12(14-9-15)16(17)18/h1-5,8-9,11H,6-7H2. The Morgan fingerprint density at radius 2 is 2.11 bits per heavy atom. The number of nitro groups is 1. The topological polar surface area (TPSA) is 61.0 Å². The van der Waals surface area contributed by atoms with Crippen molar-refractivity contribution in [1.82, 2.24) is 9.55 Å². The number of aromatic nitrogens is 2. The van der Waals surface area contributed by atoms with Gasteiger partial charge in [0, 0.05) is 17.8 Å². The number of halogens is 1. The van der Waals surface area contributed by atoms with Gasteiger partial charge < -0.3 is 14.7 Å². The molecule has 5 nitrogen and oxygen atoms in total. The van der Waals surface area contributed by atoms with Gasteiger partial charge in [0.1, 0.15) is 6.20 Å². The lowest BCUT2D eigenvalue weighted by atomic mass is 10.0. The van der Waals surface area contributed by atoms with E-state index in [9.17, 15) is 10.1 Å². The summed E-state index contributed by atoms with van der Waals surface area (Å²) in [4.78, 5) is 13.8. The van der Waals surface area contributed by atoms with E-state index in [1.54, 1.807) is 4.57 Å². The Kier molecular flexibility index (Phi) is 4.09. The van der Waals surface area contributed by atoms with Crippen LogP contribution in [0, 0.1) is 10.1 Å². The summed E-state index contributed by atoms with van der Waals surface area (Å²) >= 11 is 3.48. The molecule has 6 heteroatoms. The van der Waals surface area contributed by atoms with Gasteiger partial charge in [-0.25, -0.2) is 0 Å². The van der Waals surface area contributed by atoms with Crippen LogP contribution in [0.25, 0.3) is 0 Å². The first-order valence-electron chi connectivity index (χ1n) is 5.47. The number of benzene rings is 1. The van der Waals surface area contributed by atoms with E-state index in [4.69, 9.17) is 0 Å². The Bertz CT molecular complexity index is 527. The molecular weight excluding hydrogens is 298 g/mol. The third-order valence-electron chi connectivity index (χ3n) is 2.70. The molecule has 1 aromatic carbocycles. The smallest absolute Gasteiger partial charge is 0.358 e. The SMILES string of the molecule is O=[N+]([O-])c1cn(CC(CBr)c2ccccc2)cn1. The van der Waals surface area contributed by atoms with Gasteiger partial charge in [-0.3, -0.25) is 0 Å². The highest BCUT2D eigenvalue weighted by Crippen LogP contribution is 2.21. The second-order valence-electron chi connectivity index (χ2n) is 3.95. The van der Waals surface area contributed by atoms with Crippen molar-refractivity contribution in [2.75, 3.05) is 5.33 Å². The molecule has 2 aromatic rings. The van der Waals surface area contributed by atoms with Gasteiger partial charge in [0.05, 0.1) is 0 Å². The zero-order valence-electron chi connectivity index (χ0n) is 9.57. The second-order valence-corrected chi connectivity index (χ2v) is 4.60. The molecule has 0 saturated carbocycles. The van der Waals surface area contributed by atoms with Crippen molar-refractivity contribution >= 4 is 21.7 Å². The van der Waals surface area contributed by atoms with Crippen LogP contribution < -0.4 is 0 Å². The third-order valence-corrected chi connectivity index (χ3v) is 3.48. The number of alkyl halides is 1.